The first-order valence-electron chi connectivity index (χ1n) is 8.60. The highest BCUT2D eigenvalue weighted by Crippen LogP contribution is 2.39. The number of rotatable bonds is 7. The van der Waals surface area contributed by atoms with Crippen LogP contribution in [-0.4, -0.2) is 40.6 Å². The molecule has 11 heteroatoms. The number of hydrogen-bond acceptors (Lipinski definition) is 7. The summed E-state index contributed by atoms with van der Waals surface area (Å²) in [4.78, 5) is 20.3. The third-order valence-electron chi connectivity index (χ3n) is 4.35. The number of nitrogens with one attached hydrogen (secondary N) is 1. The van der Waals surface area contributed by atoms with Gasteiger partial charge in [-0.2, -0.15) is 18.3 Å². The van der Waals surface area contributed by atoms with Crippen molar-refractivity contribution < 1.29 is 22.6 Å². The fraction of sp³-hybridized carbons (Fsp3) is 0.529. The fourth-order valence-corrected chi connectivity index (χ4v) is 2.91. The van der Waals surface area contributed by atoms with Gasteiger partial charge in [0, 0.05) is 13.2 Å². The topological polar surface area (TPSA) is 91.2 Å². The van der Waals surface area contributed by atoms with Gasteiger partial charge in [-0.3, -0.25) is 4.79 Å². The molecule has 1 N–H and O–H groups in total. The standard InChI is InChI=1S/C17H20F3N5O3/c1-9-21-15(16(26)25(24-9)12(8-27-2)10-4-5-10)22-11-6-7-13(28-3)23-14(11)17(18,19)20/h6-7,10,12H,4-5,8H2,1-3H3,(H,21,22,24)/t12-/m0/s1. The third kappa shape index (κ3) is 4.24. The molecular weight excluding hydrogens is 379 g/mol. The van der Waals surface area contributed by atoms with Crippen molar-refractivity contribution in [1.82, 2.24) is 19.7 Å². The van der Waals surface area contributed by atoms with Crippen LogP contribution in [0.1, 0.15) is 30.4 Å². The molecule has 1 saturated carbocycles. The molecule has 0 unspecified atom stereocenters. The van der Waals surface area contributed by atoms with Crippen LogP contribution in [0.15, 0.2) is 16.9 Å². The minimum atomic E-state index is -4.75. The molecule has 152 valence electrons. The fourth-order valence-electron chi connectivity index (χ4n) is 2.91. The largest absolute Gasteiger partial charge is 0.481 e. The zero-order valence-electron chi connectivity index (χ0n) is 15.6. The Balaban J connectivity index is 2.03. The summed E-state index contributed by atoms with van der Waals surface area (Å²) in [5, 5.41) is 6.64. The number of aromatic nitrogens is 4. The van der Waals surface area contributed by atoms with Crippen LogP contribution in [0.3, 0.4) is 0 Å². The molecule has 2 aromatic rings. The summed E-state index contributed by atoms with van der Waals surface area (Å²) < 4.78 is 51.3. The number of halogens is 3. The Bertz CT molecular complexity index is 912. The minimum Gasteiger partial charge on any atom is -0.481 e. The maximum Gasteiger partial charge on any atom is 0.435 e. The molecule has 1 fully saturated rings. The SMILES string of the molecule is COC[C@@H](C1CC1)n1nc(C)nc(Nc2ccc(OC)nc2C(F)(F)F)c1=O. The summed E-state index contributed by atoms with van der Waals surface area (Å²) in [6, 6.07) is 2.11. The zero-order valence-corrected chi connectivity index (χ0v) is 15.6. The van der Waals surface area contributed by atoms with Crippen molar-refractivity contribution in [3.05, 3.63) is 34.0 Å². The van der Waals surface area contributed by atoms with Gasteiger partial charge in [0.15, 0.2) is 5.69 Å². The van der Waals surface area contributed by atoms with E-state index in [0.717, 1.165) is 18.9 Å². The van der Waals surface area contributed by atoms with Crippen LogP contribution in [0, 0.1) is 12.8 Å². The van der Waals surface area contributed by atoms with Crippen molar-refractivity contribution in [1.29, 1.82) is 0 Å². The van der Waals surface area contributed by atoms with Crippen LogP contribution in [0.5, 0.6) is 5.88 Å². The van der Waals surface area contributed by atoms with Crippen LogP contribution in [-0.2, 0) is 10.9 Å². The lowest BCUT2D eigenvalue weighted by Crippen LogP contribution is -2.34. The molecule has 1 aliphatic carbocycles. The normalized spacial score (nSPS) is 15.4. The molecule has 0 bridgehead atoms. The van der Waals surface area contributed by atoms with E-state index in [1.54, 1.807) is 6.92 Å². The van der Waals surface area contributed by atoms with E-state index < -0.39 is 23.1 Å². The summed E-state index contributed by atoms with van der Waals surface area (Å²) in [5.41, 5.74) is -2.22. The van der Waals surface area contributed by atoms with Crippen LogP contribution < -0.4 is 15.6 Å². The first kappa shape index (κ1) is 20.1. The quantitative estimate of drug-likeness (QED) is 0.765. The van der Waals surface area contributed by atoms with Gasteiger partial charge in [0.2, 0.25) is 11.7 Å². The minimum absolute atomic E-state index is 0.192. The van der Waals surface area contributed by atoms with E-state index in [-0.39, 0.29) is 36.1 Å². The van der Waals surface area contributed by atoms with Gasteiger partial charge >= 0.3 is 11.7 Å². The molecule has 0 aromatic carbocycles. The maximum atomic E-state index is 13.4. The lowest BCUT2D eigenvalue weighted by atomic mass is 10.2. The molecule has 0 saturated heterocycles. The lowest BCUT2D eigenvalue weighted by molar-refractivity contribution is -0.140. The molecule has 0 radical (unpaired) electrons. The van der Waals surface area contributed by atoms with E-state index in [1.165, 1.54) is 25.0 Å². The molecule has 1 atom stereocenters. The van der Waals surface area contributed by atoms with E-state index in [4.69, 9.17) is 9.47 Å². The number of ether oxygens (including phenoxy) is 2. The number of nitrogens with zero attached hydrogens (tertiary/aromatic N) is 4. The molecule has 0 aliphatic heterocycles. The Morgan fingerprint density at radius 3 is 2.57 bits per heavy atom. The summed E-state index contributed by atoms with van der Waals surface area (Å²) in [5.74, 6) is 0.0434. The van der Waals surface area contributed by atoms with Gasteiger partial charge in [0.1, 0.15) is 5.82 Å². The molecule has 3 rings (SSSR count). The van der Waals surface area contributed by atoms with Gasteiger partial charge in [0.25, 0.3) is 0 Å². The van der Waals surface area contributed by atoms with Gasteiger partial charge in [-0.05, 0) is 31.7 Å². The second kappa shape index (κ2) is 7.74. The zero-order chi connectivity index (χ0) is 20.5. The van der Waals surface area contributed by atoms with Crippen molar-refractivity contribution in [2.24, 2.45) is 5.92 Å². The third-order valence-corrected chi connectivity index (χ3v) is 4.35. The highest BCUT2D eigenvalue weighted by atomic mass is 19.4. The summed E-state index contributed by atoms with van der Waals surface area (Å²) in [6.45, 7) is 1.84. The average molecular weight is 399 g/mol. The highest BCUT2D eigenvalue weighted by molar-refractivity contribution is 5.59. The molecule has 2 aromatic heterocycles. The van der Waals surface area contributed by atoms with Gasteiger partial charge < -0.3 is 14.8 Å². The second-order valence-corrected chi connectivity index (χ2v) is 6.49. The Hall–Kier alpha value is -2.69. The predicted molar refractivity (Wildman–Crippen MR) is 93.7 cm³/mol. The van der Waals surface area contributed by atoms with Gasteiger partial charge in [0.05, 0.1) is 25.4 Å². The van der Waals surface area contributed by atoms with E-state index in [1.807, 2.05) is 0 Å². The number of anilines is 2. The van der Waals surface area contributed by atoms with Crippen LogP contribution in [0.25, 0.3) is 0 Å². The Morgan fingerprint density at radius 2 is 2.00 bits per heavy atom. The van der Waals surface area contributed by atoms with Crippen LogP contribution >= 0.6 is 0 Å². The molecule has 2 heterocycles. The van der Waals surface area contributed by atoms with Crippen LogP contribution in [0.2, 0.25) is 0 Å². The van der Waals surface area contributed by atoms with Crippen LogP contribution in [0.4, 0.5) is 24.7 Å². The second-order valence-electron chi connectivity index (χ2n) is 6.49. The lowest BCUT2D eigenvalue weighted by Gasteiger charge is -2.19. The molecule has 0 spiro atoms. The summed E-state index contributed by atoms with van der Waals surface area (Å²) in [7, 11) is 2.74. The van der Waals surface area contributed by atoms with E-state index in [2.05, 4.69) is 20.4 Å². The van der Waals surface area contributed by atoms with E-state index in [9.17, 15) is 18.0 Å². The monoisotopic (exact) mass is 399 g/mol. The average Bonchev–Trinajstić information content (AvgIpc) is 3.47. The molecule has 0 amide bonds. The Labute approximate surface area is 158 Å². The summed E-state index contributed by atoms with van der Waals surface area (Å²) in [6.07, 6.45) is -2.87. The Kier molecular flexibility index (Phi) is 5.54. The smallest absolute Gasteiger partial charge is 0.435 e. The van der Waals surface area contributed by atoms with Crippen molar-refractivity contribution in [3.8, 4) is 5.88 Å². The molecule has 28 heavy (non-hydrogen) atoms. The number of methoxy groups -OCH3 is 2. The predicted octanol–water partition coefficient (Wildman–Crippen LogP) is 2.71. The van der Waals surface area contributed by atoms with Gasteiger partial charge in [-0.15, -0.1) is 0 Å². The number of hydrogen-bond donors (Lipinski definition) is 1. The van der Waals surface area contributed by atoms with Crippen molar-refractivity contribution in [2.75, 3.05) is 26.1 Å². The van der Waals surface area contributed by atoms with Crippen molar-refractivity contribution in [3.63, 3.8) is 0 Å². The molecule has 1 aliphatic rings. The number of aryl methyl sites for hydroxylation is 1. The first-order valence-corrected chi connectivity index (χ1v) is 8.60. The molecule has 8 nitrogen and oxygen atoms in total. The number of pyridine rings is 1. The van der Waals surface area contributed by atoms with E-state index >= 15 is 0 Å². The van der Waals surface area contributed by atoms with Gasteiger partial charge in [-0.1, -0.05) is 0 Å². The van der Waals surface area contributed by atoms with Gasteiger partial charge in [-0.25, -0.2) is 14.6 Å². The van der Waals surface area contributed by atoms with Crippen molar-refractivity contribution in [2.45, 2.75) is 32.0 Å². The maximum absolute atomic E-state index is 13.4. The first-order chi connectivity index (χ1) is 13.2. The molecular formula is C17H20F3N5O3. The number of alkyl halides is 3. The van der Waals surface area contributed by atoms with Crippen molar-refractivity contribution >= 4 is 11.5 Å². The van der Waals surface area contributed by atoms with E-state index in [0.29, 0.717) is 0 Å². The highest BCUT2D eigenvalue weighted by Gasteiger charge is 2.37. The summed E-state index contributed by atoms with van der Waals surface area (Å²) >= 11 is 0. The Morgan fingerprint density at radius 1 is 1.29 bits per heavy atom.